The molecule has 2 N–H and O–H groups in total. The Morgan fingerprint density at radius 1 is 0.432 bits per heavy atom. The van der Waals surface area contributed by atoms with Crippen LogP contribution in [0.4, 0.5) is 0 Å². The lowest BCUT2D eigenvalue weighted by Gasteiger charge is -2.21. The molecule has 0 bridgehead atoms. The number of ether oxygens (including phenoxy) is 2. The van der Waals surface area contributed by atoms with Gasteiger partial charge in [-0.15, -0.1) is 0 Å². The Balaban J connectivity index is 1.16. The fraction of sp³-hybridized carbons (Fsp3) is 0.333. The lowest BCUT2D eigenvalue weighted by molar-refractivity contribution is 0.0505. The zero-order valence-corrected chi connectivity index (χ0v) is 28.2. The van der Waals surface area contributed by atoms with Crippen molar-refractivity contribution in [2.24, 2.45) is 0 Å². The van der Waals surface area contributed by atoms with Crippen LogP contribution in [0.5, 0.6) is 0 Å². The van der Waals surface area contributed by atoms with Crippen LogP contribution in [0.15, 0.2) is 97.1 Å². The van der Waals surface area contributed by atoms with E-state index in [4.69, 9.17) is 9.47 Å². The van der Waals surface area contributed by atoms with Gasteiger partial charge in [-0.25, -0.2) is 0 Å². The molecule has 234 valence electrons. The van der Waals surface area contributed by atoms with E-state index in [1.165, 1.54) is 0 Å². The fourth-order valence-corrected chi connectivity index (χ4v) is 9.68. The minimum Gasteiger partial charge on any atom is -0.378 e. The predicted octanol–water partition coefficient (Wildman–Crippen LogP) is 5.38. The van der Waals surface area contributed by atoms with E-state index >= 15 is 0 Å². The summed E-state index contributed by atoms with van der Waals surface area (Å²) < 4.78 is 39.9. The third-order valence-corrected chi connectivity index (χ3v) is 13.6. The molecular weight excluding hydrogens is 586 g/mol. The van der Waals surface area contributed by atoms with Gasteiger partial charge in [-0.05, 0) is 27.7 Å². The lowest BCUT2D eigenvalue weighted by atomic mass is 10.2. The number of hydrogen-bond acceptors (Lipinski definition) is 6. The van der Waals surface area contributed by atoms with Crippen LogP contribution in [0.2, 0.25) is 0 Å². The van der Waals surface area contributed by atoms with Crippen LogP contribution >= 0.6 is 14.3 Å². The van der Waals surface area contributed by atoms with Gasteiger partial charge in [0.15, 0.2) is 14.3 Å². The van der Waals surface area contributed by atoms with E-state index in [1.807, 2.05) is 125 Å². The Morgan fingerprint density at radius 2 is 0.682 bits per heavy atom. The van der Waals surface area contributed by atoms with Crippen molar-refractivity contribution in [3.05, 3.63) is 119 Å². The first-order chi connectivity index (χ1) is 21.2. The van der Waals surface area contributed by atoms with Gasteiger partial charge in [-0.1, -0.05) is 119 Å². The van der Waals surface area contributed by atoms with Crippen LogP contribution in [0.25, 0.3) is 0 Å². The highest BCUT2D eigenvalue weighted by Crippen LogP contribution is 2.43. The summed E-state index contributed by atoms with van der Waals surface area (Å²) in [7, 11) is -5.63. The molecule has 0 aliphatic carbocycles. The van der Waals surface area contributed by atoms with Crippen molar-refractivity contribution in [3.63, 3.8) is 0 Å². The summed E-state index contributed by atoms with van der Waals surface area (Å²) in [6.45, 7) is 11.3. The van der Waals surface area contributed by atoms with Crippen molar-refractivity contribution in [3.8, 4) is 0 Å². The predicted molar refractivity (Wildman–Crippen MR) is 186 cm³/mol. The second-order valence-corrected chi connectivity index (χ2v) is 17.0. The van der Waals surface area contributed by atoms with Crippen molar-refractivity contribution >= 4 is 35.5 Å². The monoisotopic (exact) mass is 632 g/mol. The second-order valence-electron chi connectivity index (χ2n) is 11.4. The van der Waals surface area contributed by atoms with E-state index in [9.17, 15) is 9.13 Å². The molecule has 0 spiro atoms. The number of nitrogens with one attached hydrogen (secondary N) is 2. The zero-order valence-electron chi connectivity index (χ0n) is 26.4. The molecule has 0 saturated carbocycles. The molecule has 8 heteroatoms. The topological polar surface area (TPSA) is 76.7 Å². The van der Waals surface area contributed by atoms with Gasteiger partial charge in [0.25, 0.3) is 0 Å². The van der Waals surface area contributed by atoms with Gasteiger partial charge in [0.05, 0.1) is 39.0 Å². The van der Waals surface area contributed by atoms with Gasteiger partial charge in [-0.2, -0.15) is 0 Å². The molecule has 0 aliphatic heterocycles. The van der Waals surface area contributed by atoms with E-state index in [1.54, 1.807) is 0 Å². The molecule has 44 heavy (non-hydrogen) atoms. The summed E-state index contributed by atoms with van der Waals surface area (Å²) in [5.74, 6) is 0. The van der Waals surface area contributed by atoms with Gasteiger partial charge >= 0.3 is 0 Å². The molecule has 0 aliphatic rings. The van der Waals surface area contributed by atoms with Crippen molar-refractivity contribution in [2.45, 2.75) is 27.7 Å². The highest BCUT2D eigenvalue weighted by atomic mass is 31.2. The quantitative estimate of drug-likeness (QED) is 0.120. The van der Waals surface area contributed by atoms with E-state index in [0.717, 1.165) is 43.5 Å². The molecule has 0 atom stereocenters. The summed E-state index contributed by atoms with van der Waals surface area (Å²) in [5.41, 5.74) is 4.59. The minimum absolute atomic E-state index is 0.375. The Hall–Kier alpha value is -2.82. The maximum absolute atomic E-state index is 14.2. The normalized spacial score (nSPS) is 12.0. The van der Waals surface area contributed by atoms with Crippen molar-refractivity contribution in [1.82, 2.24) is 10.6 Å². The second kappa shape index (κ2) is 16.5. The molecule has 4 aromatic rings. The van der Waals surface area contributed by atoms with Gasteiger partial charge in [-0.3, -0.25) is 0 Å². The van der Waals surface area contributed by atoms with E-state index in [0.29, 0.717) is 52.1 Å². The molecule has 0 heterocycles. The standard InChI is InChI=1S/C36H46N2O4P2/c1-29-5-13-33(14-6-29)43(39,34-15-7-30(2)8-16-34)27-37-21-23-41-25-26-42-24-22-38-28-44(40,35-17-9-31(3)10-18-35)36-19-11-32(4)12-20-36/h5-20,37-38H,21-28H2,1-4H3. The molecule has 0 unspecified atom stereocenters. The van der Waals surface area contributed by atoms with Gasteiger partial charge in [0.2, 0.25) is 0 Å². The molecule has 0 saturated heterocycles. The van der Waals surface area contributed by atoms with Crippen LogP contribution in [-0.2, 0) is 18.6 Å². The first-order valence-electron chi connectivity index (χ1n) is 15.2. The number of aryl methyl sites for hydroxylation is 4. The van der Waals surface area contributed by atoms with Crippen LogP contribution in [0.3, 0.4) is 0 Å². The van der Waals surface area contributed by atoms with Crippen molar-refractivity contribution < 1.29 is 18.6 Å². The average Bonchev–Trinajstić information content (AvgIpc) is 3.02. The van der Waals surface area contributed by atoms with E-state index in [2.05, 4.69) is 10.6 Å². The summed E-state index contributed by atoms with van der Waals surface area (Å²) in [4.78, 5) is 0. The number of benzene rings is 4. The van der Waals surface area contributed by atoms with Crippen LogP contribution < -0.4 is 31.9 Å². The largest absolute Gasteiger partial charge is 0.378 e. The maximum Gasteiger partial charge on any atom is 0.156 e. The first kappa shape index (κ1) is 34.1. The summed E-state index contributed by atoms with van der Waals surface area (Å²) in [5, 5.41) is 10.1. The summed E-state index contributed by atoms with van der Waals surface area (Å²) >= 11 is 0. The summed E-state index contributed by atoms with van der Waals surface area (Å²) in [6.07, 6.45) is 0.749. The van der Waals surface area contributed by atoms with Gasteiger partial charge in [0, 0.05) is 34.3 Å². The summed E-state index contributed by atoms with van der Waals surface area (Å²) in [6, 6.07) is 31.9. The van der Waals surface area contributed by atoms with Crippen LogP contribution in [-0.4, -0.2) is 52.1 Å². The molecule has 0 aromatic heterocycles. The highest BCUT2D eigenvalue weighted by Gasteiger charge is 2.28. The third-order valence-electron chi connectivity index (χ3n) is 7.69. The SMILES string of the molecule is Cc1ccc(P(=O)(CNCCOCCOCCNCP(=O)(c2ccc(C)cc2)c2ccc(C)cc2)c2ccc(C)cc2)cc1. The lowest BCUT2D eigenvalue weighted by Crippen LogP contribution is -2.29. The Kier molecular flexibility index (Phi) is 12.8. The molecule has 4 aromatic carbocycles. The third kappa shape index (κ3) is 9.34. The van der Waals surface area contributed by atoms with E-state index in [-0.39, 0.29) is 0 Å². The average molecular weight is 633 g/mol. The van der Waals surface area contributed by atoms with Crippen molar-refractivity contribution in [1.29, 1.82) is 0 Å². The Morgan fingerprint density at radius 3 is 0.932 bits per heavy atom. The Labute approximate surface area is 263 Å². The molecule has 0 fully saturated rings. The van der Waals surface area contributed by atoms with E-state index < -0.39 is 14.3 Å². The van der Waals surface area contributed by atoms with Gasteiger partial charge in [0.1, 0.15) is 0 Å². The smallest absolute Gasteiger partial charge is 0.156 e. The number of rotatable bonds is 17. The van der Waals surface area contributed by atoms with Crippen molar-refractivity contribution in [2.75, 3.05) is 52.1 Å². The van der Waals surface area contributed by atoms with Gasteiger partial charge < -0.3 is 29.2 Å². The molecule has 4 rings (SSSR count). The highest BCUT2D eigenvalue weighted by molar-refractivity contribution is 7.79. The van der Waals surface area contributed by atoms with Crippen LogP contribution in [0, 0.1) is 27.7 Å². The molecule has 6 nitrogen and oxygen atoms in total. The molecule has 0 amide bonds. The number of hydrogen-bond donors (Lipinski definition) is 2. The Bertz CT molecular complexity index is 1320. The first-order valence-corrected chi connectivity index (χ1v) is 19.0. The zero-order chi connectivity index (χ0) is 31.4. The fourth-order valence-electron chi connectivity index (χ4n) is 4.89. The molecule has 0 radical (unpaired) electrons. The maximum atomic E-state index is 14.2. The molecular formula is C36H46N2O4P2. The van der Waals surface area contributed by atoms with Crippen LogP contribution in [0.1, 0.15) is 22.3 Å². The minimum atomic E-state index is -2.82.